The first-order chi connectivity index (χ1) is 12.5. The summed E-state index contributed by atoms with van der Waals surface area (Å²) in [5.74, 6) is -0.333. The summed E-state index contributed by atoms with van der Waals surface area (Å²) in [5.41, 5.74) is 3.71. The molecule has 0 aliphatic heterocycles. The minimum atomic E-state index is -0.333. The van der Waals surface area contributed by atoms with Gasteiger partial charge in [-0.1, -0.05) is 24.3 Å². The number of hydrogen-bond donors (Lipinski definition) is 0. The number of nitrogens with zero attached hydrogens (tertiary/aromatic N) is 4. The normalized spacial score (nSPS) is 11.2. The van der Waals surface area contributed by atoms with Crippen LogP contribution in [0.4, 0.5) is 4.39 Å². The molecule has 2 aromatic heterocycles. The van der Waals surface area contributed by atoms with Crippen LogP contribution in [0.2, 0.25) is 0 Å². The van der Waals surface area contributed by atoms with Crippen molar-refractivity contribution in [2.75, 3.05) is 0 Å². The summed E-state index contributed by atoms with van der Waals surface area (Å²) >= 11 is 0. The van der Waals surface area contributed by atoms with Gasteiger partial charge in [-0.15, -0.1) is 0 Å². The van der Waals surface area contributed by atoms with Crippen LogP contribution in [0.25, 0.3) is 16.6 Å². The summed E-state index contributed by atoms with van der Waals surface area (Å²) in [6, 6.07) is 13.8. The Morgan fingerprint density at radius 2 is 1.77 bits per heavy atom. The van der Waals surface area contributed by atoms with Gasteiger partial charge in [-0.3, -0.25) is 4.79 Å². The van der Waals surface area contributed by atoms with Gasteiger partial charge in [0.2, 0.25) is 0 Å². The van der Waals surface area contributed by atoms with E-state index in [2.05, 4.69) is 10.2 Å². The fourth-order valence-corrected chi connectivity index (χ4v) is 3.06. The molecular formula is C20H17FN4O. The molecule has 0 radical (unpaired) electrons. The molecule has 26 heavy (non-hydrogen) atoms. The van der Waals surface area contributed by atoms with Crippen molar-refractivity contribution in [3.8, 4) is 5.69 Å². The van der Waals surface area contributed by atoms with E-state index >= 15 is 0 Å². The number of rotatable bonds is 3. The first-order valence-corrected chi connectivity index (χ1v) is 8.30. The van der Waals surface area contributed by atoms with Crippen molar-refractivity contribution in [3.63, 3.8) is 0 Å². The maximum absolute atomic E-state index is 13.2. The third-order valence-electron chi connectivity index (χ3n) is 4.52. The van der Waals surface area contributed by atoms with Gasteiger partial charge in [-0.2, -0.15) is 10.2 Å². The van der Waals surface area contributed by atoms with Gasteiger partial charge in [0.25, 0.3) is 5.56 Å². The number of aryl methyl sites for hydroxylation is 2. The lowest BCUT2D eigenvalue weighted by Crippen LogP contribution is -2.26. The van der Waals surface area contributed by atoms with Crippen molar-refractivity contribution in [1.29, 1.82) is 0 Å². The van der Waals surface area contributed by atoms with Crippen LogP contribution in [0, 0.1) is 19.7 Å². The minimum Gasteiger partial charge on any atom is -0.265 e. The molecule has 0 unspecified atom stereocenters. The Labute approximate surface area is 149 Å². The first kappa shape index (κ1) is 16.2. The van der Waals surface area contributed by atoms with Crippen molar-refractivity contribution in [3.05, 3.63) is 87.7 Å². The van der Waals surface area contributed by atoms with Crippen LogP contribution in [0.3, 0.4) is 0 Å². The molecule has 4 aromatic rings. The number of hydrogen-bond acceptors (Lipinski definition) is 3. The Balaban J connectivity index is 1.90. The lowest BCUT2D eigenvalue weighted by molar-refractivity contribution is 0.626. The zero-order valence-electron chi connectivity index (χ0n) is 14.5. The lowest BCUT2D eigenvalue weighted by atomic mass is 10.1. The predicted molar refractivity (Wildman–Crippen MR) is 98.1 cm³/mol. The molecule has 0 atom stereocenters. The standard InChI is InChI=1S/C20H17FN4O/c1-13-5-3-4-6-15(13)12-24-20(26)19-18(14(2)23-24)11-22-25(19)17-9-7-16(21)8-10-17/h3-11H,12H2,1-2H3. The topological polar surface area (TPSA) is 52.7 Å². The van der Waals surface area contributed by atoms with Crippen LogP contribution < -0.4 is 5.56 Å². The largest absolute Gasteiger partial charge is 0.293 e. The van der Waals surface area contributed by atoms with E-state index in [0.717, 1.165) is 16.8 Å². The number of aromatic nitrogens is 4. The molecule has 0 spiro atoms. The van der Waals surface area contributed by atoms with Gasteiger partial charge in [0.1, 0.15) is 11.3 Å². The van der Waals surface area contributed by atoms with Crippen molar-refractivity contribution in [2.24, 2.45) is 0 Å². The average Bonchev–Trinajstić information content (AvgIpc) is 3.08. The van der Waals surface area contributed by atoms with Gasteiger partial charge in [0.05, 0.1) is 24.1 Å². The summed E-state index contributed by atoms with van der Waals surface area (Å²) in [6.07, 6.45) is 1.63. The summed E-state index contributed by atoms with van der Waals surface area (Å²) in [5, 5.41) is 9.47. The molecule has 0 aliphatic carbocycles. The molecule has 0 bridgehead atoms. The summed E-state index contributed by atoms with van der Waals surface area (Å²) < 4.78 is 16.2. The molecule has 0 amide bonds. The van der Waals surface area contributed by atoms with Crippen LogP contribution in [0.1, 0.15) is 16.8 Å². The van der Waals surface area contributed by atoms with Gasteiger partial charge < -0.3 is 0 Å². The second-order valence-corrected chi connectivity index (χ2v) is 6.27. The number of fused-ring (bicyclic) bond motifs is 1. The van der Waals surface area contributed by atoms with Crippen LogP contribution in [-0.2, 0) is 6.54 Å². The minimum absolute atomic E-state index is 0.226. The Kier molecular flexibility index (Phi) is 3.88. The monoisotopic (exact) mass is 348 g/mol. The molecule has 0 fully saturated rings. The van der Waals surface area contributed by atoms with E-state index in [1.165, 1.54) is 16.8 Å². The number of benzene rings is 2. The zero-order valence-corrected chi connectivity index (χ0v) is 14.5. The Morgan fingerprint density at radius 1 is 1.04 bits per heavy atom. The molecule has 4 rings (SSSR count). The van der Waals surface area contributed by atoms with Crippen molar-refractivity contribution >= 4 is 10.9 Å². The van der Waals surface area contributed by atoms with E-state index in [4.69, 9.17) is 0 Å². The van der Waals surface area contributed by atoms with Crippen molar-refractivity contribution in [1.82, 2.24) is 19.6 Å². The van der Waals surface area contributed by atoms with Gasteiger partial charge >= 0.3 is 0 Å². The molecule has 130 valence electrons. The second kappa shape index (κ2) is 6.22. The molecule has 2 aromatic carbocycles. The predicted octanol–water partition coefficient (Wildman–Crippen LogP) is 3.39. The van der Waals surface area contributed by atoms with Gasteiger partial charge in [-0.25, -0.2) is 13.8 Å². The summed E-state index contributed by atoms with van der Waals surface area (Å²) in [6.45, 7) is 4.25. The highest BCUT2D eigenvalue weighted by molar-refractivity contribution is 5.81. The van der Waals surface area contributed by atoms with E-state index in [1.54, 1.807) is 23.0 Å². The second-order valence-electron chi connectivity index (χ2n) is 6.27. The van der Waals surface area contributed by atoms with E-state index in [0.29, 0.717) is 23.1 Å². The highest BCUT2D eigenvalue weighted by Crippen LogP contribution is 2.18. The molecule has 2 heterocycles. The molecule has 0 saturated carbocycles. The Hall–Kier alpha value is -3.28. The van der Waals surface area contributed by atoms with E-state index in [-0.39, 0.29) is 11.4 Å². The highest BCUT2D eigenvalue weighted by atomic mass is 19.1. The summed E-state index contributed by atoms with van der Waals surface area (Å²) in [4.78, 5) is 13.1. The van der Waals surface area contributed by atoms with Crippen LogP contribution in [0.15, 0.2) is 59.5 Å². The molecule has 5 nitrogen and oxygen atoms in total. The zero-order chi connectivity index (χ0) is 18.3. The SMILES string of the molecule is Cc1ccccc1Cn1nc(C)c2cnn(-c3ccc(F)cc3)c2c1=O. The fraction of sp³-hybridized carbons (Fsp3) is 0.150. The van der Waals surface area contributed by atoms with E-state index < -0.39 is 0 Å². The average molecular weight is 348 g/mol. The van der Waals surface area contributed by atoms with Gasteiger partial charge in [0.15, 0.2) is 0 Å². The van der Waals surface area contributed by atoms with Gasteiger partial charge in [0, 0.05) is 5.39 Å². The van der Waals surface area contributed by atoms with Gasteiger partial charge in [-0.05, 0) is 49.2 Å². The fourth-order valence-electron chi connectivity index (χ4n) is 3.06. The molecule has 0 aliphatic rings. The molecule has 6 heteroatoms. The maximum Gasteiger partial charge on any atom is 0.293 e. The van der Waals surface area contributed by atoms with E-state index in [9.17, 15) is 9.18 Å². The highest BCUT2D eigenvalue weighted by Gasteiger charge is 2.15. The number of halogens is 1. The third kappa shape index (κ3) is 2.69. The summed E-state index contributed by atoms with van der Waals surface area (Å²) in [7, 11) is 0. The first-order valence-electron chi connectivity index (χ1n) is 8.30. The van der Waals surface area contributed by atoms with Crippen LogP contribution in [-0.4, -0.2) is 19.6 Å². The molecular weight excluding hydrogens is 331 g/mol. The Morgan fingerprint density at radius 3 is 2.50 bits per heavy atom. The van der Waals surface area contributed by atoms with Crippen molar-refractivity contribution < 1.29 is 4.39 Å². The third-order valence-corrected chi connectivity index (χ3v) is 4.52. The van der Waals surface area contributed by atoms with Crippen LogP contribution in [0.5, 0.6) is 0 Å². The van der Waals surface area contributed by atoms with E-state index in [1.807, 2.05) is 38.1 Å². The quantitative estimate of drug-likeness (QED) is 0.570. The molecule has 0 N–H and O–H groups in total. The maximum atomic E-state index is 13.2. The Bertz CT molecular complexity index is 1160. The molecule has 0 saturated heterocycles. The van der Waals surface area contributed by atoms with Crippen LogP contribution >= 0.6 is 0 Å². The smallest absolute Gasteiger partial charge is 0.265 e. The lowest BCUT2D eigenvalue weighted by Gasteiger charge is -2.10. The van der Waals surface area contributed by atoms with Crippen molar-refractivity contribution in [2.45, 2.75) is 20.4 Å².